The molecule has 1 heterocycles. The lowest BCUT2D eigenvalue weighted by atomic mass is 10.2. The van der Waals surface area contributed by atoms with Crippen LogP contribution in [0.15, 0.2) is 58.1 Å². The van der Waals surface area contributed by atoms with Crippen molar-refractivity contribution in [2.75, 3.05) is 23.8 Å². The number of hydrogen-bond acceptors (Lipinski definition) is 5. The van der Waals surface area contributed by atoms with E-state index < -0.39 is 23.8 Å². The first-order valence-electron chi connectivity index (χ1n) is 9.86. The highest BCUT2D eigenvalue weighted by molar-refractivity contribution is 6.34. The number of nitrogens with zero attached hydrogens (tertiary/aromatic N) is 2. The molecule has 0 aliphatic carbocycles. The van der Waals surface area contributed by atoms with E-state index in [1.807, 2.05) is 37.3 Å². The van der Waals surface area contributed by atoms with Gasteiger partial charge in [-0.2, -0.15) is 0 Å². The average molecular weight is 477 g/mol. The summed E-state index contributed by atoms with van der Waals surface area (Å²) in [6.07, 6.45) is 0.542. The summed E-state index contributed by atoms with van der Waals surface area (Å²) in [6.45, 7) is 1.77. The van der Waals surface area contributed by atoms with Crippen LogP contribution < -0.4 is 26.6 Å². The van der Waals surface area contributed by atoms with E-state index in [-0.39, 0.29) is 35.4 Å². The van der Waals surface area contributed by atoms with Crippen molar-refractivity contribution in [1.82, 2.24) is 9.55 Å². The van der Waals surface area contributed by atoms with Crippen LogP contribution in [-0.2, 0) is 11.3 Å². The first-order valence-corrected chi connectivity index (χ1v) is 10.6. The molecular formula is C22H22Cl2N4O4. The summed E-state index contributed by atoms with van der Waals surface area (Å²) >= 11 is 12.0. The Morgan fingerprint density at radius 2 is 1.88 bits per heavy atom. The second-order valence-electron chi connectivity index (χ2n) is 6.97. The monoisotopic (exact) mass is 476 g/mol. The number of benzene rings is 2. The Bertz CT molecular complexity index is 1220. The molecule has 1 amide bonds. The van der Waals surface area contributed by atoms with E-state index in [1.54, 1.807) is 12.1 Å². The number of halogens is 2. The molecule has 0 unspecified atom stereocenters. The number of ether oxygens (including phenoxy) is 1. The fourth-order valence-electron chi connectivity index (χ4n) is 3.15. The van der Waals surface area contributed by atoms with Gasteiger partial charge < -0.3 is 15.4 Å². The molecule has 3 aromatic rings. The van der Waals surface area contributed by atoms with Crippen molar-refractivity contribution < 1.29 is 9.53 Å². The van der Waals surface area contributed by atoms with Crippen LogP contribution in [-0.4, -0.2) is 28.6 Å². The number of hydrogen-bond donors (Lipinski definition) is 2. The summed E-state index contributed by atoms with van der Waals surface area (Å²) < 4.78 is 6.75. The molecule has 8 nitrogen and oxygen atoms in total. The standard InChI is InChI=1S/C22H22Cl2N4O4/c1-2-10-27(18(29)13-32-17-11-15(23)8-9-16(17)24)19-20(25)28(22(31)26-21(19)30)12-14-6-4-3-5-7-14/h3-9,11H,2,10,12-13,25H2,1H3,(H,26,30,31). The van der Waals surface area contributed by atoms with E-state index in [4.69, 9.17) is 33.7 Å². The van der Waals surface area contributed by atoms with E-state index >= 15 is 0 Å². The fraction of sp³-hybridized carbons (Fsp3) is 0.227. The van der Waals surface area contributed by atoms with E-state index in [0.717, 1.165) is 5.56 Å². The Kier molecular flexibility index (Phi) is 7.61. The van der Waals surface area contributed by atoms with Crippen LogP contribution >= 0.6 is 23.2 Å². The summed E-state index contributed by atoms with van der Waals surface area (Å²) in [5, 5.41) is 0.689. The summed E-state index contributed by atoms with van der Waals surface area (Å²) in [5.74, 6) is -0.393. The molecule has 1 aromatic heterocycles. The van der Waals surface area contributed by atoms with Crippen molar-refractivity contribution in [2.24, 2.45) is 0 Å². The first kappa shape index (κ1) is 23.4. The van der Waals surface area contributed by atoms with E-state index in [0.29, 0.717) is 11.4 Å². The third-order valence-electron chi connectivity index (χ3n) is 4.66. The van der Waals surface area contributed by atoms with Crippen LogP contribution in [0.25, 0.3) is 0 Å². The molecule has 168 valence electrons. The van der Waals surface area contributed by atoms with E-state index in [9.17, 15) is 14.4 Å². The average Bonchev–Trinajstić information content (AvgIpc) is 2.77. The van der Waals surface area contributed by atoms with Gasteiger partial charge in [0, 0.05) is 17.6 Å². The molecule has 0 fully saturated rings. The molecule has 3 rings (SSSR count). The molecule has 2 aromatic carbocycles. The van der Waals surface area contributed by atoms with Crippen LogP contribution in [0.1, 0.15) is 18.9 Å². The van der Waals surface area contributed by atoms with Crippen LogP contribution in [0.5, 0.6) is 5.75 Å². The second kappa shape index (κ2) is 10.4. The first-order chi connectivity index (χ1) is 15.3. The number of aromatic nitrogens is 2. The summed E-state index contributed by atoms with van der Waals surface area (Å²) in [7, 11) is 0. The Labute approximate surface area is 194 Å². The predicted octanol–water partition coefficient (Wildman–Crippen LogP) is 3.30. The number of amides is 1. The highest BCUT2D eigenvalue weighted by Crippen LogP contribution is 2.28. The van der Waals surface area contributed by atoms with Crippen molar-refractivity contribution >= 4 is 40.6 Å². The van der Waals surface area contributed by atoms with Crippen molar-refractivity contribution in [3.05, 3.63) is 85.0 Å². The lowest BCUT2D eigenvalue weighted by Crippen LogP contribution is -2.43. The molecule has 0 saturated heterocycles. The van der Waals surface area contributed by atoms with Crippen molar-refractivity contribution in [2.45, 2.75) is 19.9 Å². The van der Waals surface area contributed by atoms with Crippen LogP contribution in [0.4, 0.5) is 11.5 Å². The number of rotatable bonds is 8. The minimum atomic E-state index is -0.751. The van der Waals surface area contributed by atoms with Crippen molar-refractivity contribution in [3.63, 3.8) is 0 Å². The van der Waals surface area contributed by atoms with E-state index in [2.05, 4.69) is 4.98 Å². The molecule has 10 heteroatoms. The maximum atomic E-state index is 13.0. The van der Waals surface area contributed by atoms with Gasteiger partial charge in [0.05, 0.1) is 11.6 Å². The number of aromatic amines is 1. The summed E-state index contributed by atoms with van der Waals surface area (Å²) in [6, 6.07) is 13.8. The second-order valence-corrected chi connectivity index (χ2v) is 7.82. The number of carbonyl (C=O) groups excluding carboxylic acids is 1. The van der Waals surface area contributed by atoms with Crippen molar-refractivity contribution in [3.8, 4) is 5.75 Å². The van der Waals surface area contributed by atoms with Gasteiger partial charge in [-0.1, -0.05) is 60.5 Å². The molecule has 3 N–H and O–H groups in total. The lowest BCUT2D eigenvalue weighted by Gasteiger charge is -2.24. The molecule has 0 saturated carbocycles. The number of H-pyrrole nitrogens is 1. The van der Waals surface area contributed by atoms with Gasteiger partial charge >= 0.3 is 5.69 Å². The number of carbonyl (C=O) groups is 1. The summed E-state index contributed by atoms with van der Waals surface area (Å²) in [5.41, 5.74) is 5.52. The molecule has 0 aliphatic rings. The number of nitrogen functional groups attached to an aromatic ring is 1. The SMILES string of the molecule is CCCN(C(=O)COc1cc(Cl)ccc1Cl)c1c(N)n(Cc2ccccc2)c(=O)[nH]c1=O. The molecule has 0 bridgehead atoms. The Balaban J connectivity index is 1.93. The van der Waals surface area contributed by atoms with Gasteiger partial charge in [0.25, 0.3) is 11.5 Å². The van der Waals surface area contributed by atoms with Gasteiger partial charge in [-0.25, -0.2) is 4.79 Å². The molecule has 0 spiro atoms. The molecular weight excluding hydrogens is 455 g/mol. The topological polar surface area (TPSA) is 110 Å². The molecule has 0 aliphatic heterocycles. The van der Waals surface area contributed by atoms with Gasteiger partial charge in [0.1, 0.15) is 11.6 Å². The maximum Gasteiger partial charge on any atom is 0.330 e. The Morgan fingerprint density at radius 3 is 2.56 bits per heavy atom. The number of anilines is 2. The quantitative estimate of drug-likeness (QED) is 0.518. The zero-order chi connectivity index (χ0) is 23.3. The maximum absolute atomic E-state index is 13.0. The third kappa shape index (κ3) is 5.33. The van der Waals surface area contributed by atoms with Gasteiger partial charge in [-0.15, -0.1) is 0 Å². The zero-order valence-electron chi connectivity index (χ0n) is 17.3. The van der Waals surface area contributed by atoms with Crippen LogP contribution in [0.2, 0.25) is 10.0 Å². The largest absolute Gasteiger partial charge is 0.482 e. The summed E-state index contributed by atoms with van der Waals surface area (Å²) in [4.78, 5) is 41.5. The van der Waals surface area contributed by atoms with Crippen LogP contribution in [0.3, 0.4) is 0 Å². The normalized spacial score (nSPS) is 10.7. The van der Waals surface area contributed by atoms with Gasteiger partial charge in [-0.3, -0.25) is 19.1 Å². The Morgan fingerprint density at radius 1 is 1.16 bits per heavy atom. The fourth-order valence-corrected chi connectivity index (χ4v) is 3.49. The van der Waals surface area contributed by atoms with Gasteiger partial charge in [0.2, 0.25) is 0 Å². The Hall–Kier alpha value is -3.23. The highest BCUT2D eigenvalue weighted by Gasteiger charge is 2.24. The van der Waals surface area contributed by atoms with E-state index in [1.165, 1.54) is 15.5 Å². The zero-order valence-corrected chi connectivity index (χ0v) is 18.8. The van der Waals surface area contributed by atoms with Crippen LogP contribution in [0, 0.1) is 0 Å². The smallest absolute Gasteiger partial charge is 0.330 e. The van der Waals surface area contributed by atoms with Gasteiger partial charge in [-0.05, 0) is 24.1 Å². The molecule has 32 heavy (non-hydrogen) atoms. The molecule has 0 atom stereocenters. The number of nitrogens with one attached hydrogen (secondary N) is 1. The number of nitrogens with two attached hydrogens (primary N) is 1. The van der Waals surface area contributed by atoms with Gasteiger partial charge in [0.15, 0.2) is 12.3 Å². The third-order valence-corrected chi connectivity index (χ3v) is 5.21. The lowest BCUT2D eigenvalue weighted by molar-refractivity contribution is -0.120. The molecule has 0 radical (unpaired) electrons. The predicted molar refractivity (Wildman–Crippen MR) is 126 cm³/mol. The van der Waals surface area contributed by atoms with Crippen molar-refractivity contribution in [1.29, 1.82) is 0 Å². The minimum absolute atomic E-state index is 0.104. The highest BCUT2D eigenvalue weighted by atomic mass is 35.5. The minimum Gasteiger partial charge on any atom is -0.482 e.